The third kappa shape index (κ3) is 7.96. The van der Waals surface area contributed by atoms with E-state index in [2.05, 4.69) is 25.0 Å². The molecule has 0 spiro atoms. The number of halogens is 5. The number of piperazine rings is 1. The standard InChI is InChI=1S/C27H29F2N7O2S.C2HF3O2/c1-3-34(2)39(37,38)33-24-6-4-5-21(26(24)29)22-18-36(32-27(22)19-9-11-30-12-10-19)25-8-7-20(17-23(25)28)35-15-13-31-14-16-35;3-2(4,5)1(6)7/h4-12,17-18,31,33H,3,13-16H2,1-2H3;(H,6,7). The molecule has 0 amide bonds. The van der Waals surface area contributed by atoms with Crippen LogP contribution in [-0.4, -0.2) is 84.5 Å². The van der Waals surface area contributed by atoms with Crippen molar-refractivity contribution in [1.82, 2.24) is 24.4 Å². The second-order valence-electron chi connectivity index (χ2n) is 9.94. The number of aliphatic carboxylic acids is 1. The quantitative estimate of drug-likeness (QED) is 0.234. The third-order valence-electron chi connectivity index (χ3n) is 6.95. The van der Waals surface area contributed by atoms with Gasteiger partial charge in [0.2, 0.25) is 0 Å². The van der Waals surface area contributed by atoms with Crippen LogP contribution in [0.15, 0.2) is 67.1 Å². The fourth-order valence-corrected chi connectivity index (χ4v) is 5.36. The number of carboxylic acid groups (broad SMARTS) is 1. The number of rotatable bonds is 8. The van der Waals surface area contributed by atoms with Gasteiger partial charge in [-0.2, -0.15) is 31.0 Å². The third-order valence-corrected chi connectivity index (χ3v) is 8.51. The highest BCUT2D eigenvalue weighted by atomic mass is 32.2. The van der Waals surface area contributed by atoms with Gasteiger partial charge in [-0.3, -0.25) is 9.71 Å². The van der Waals surface area contributed by atoms with Gasteiger partial charge in [-0.25, -0.2) is 18.3 Å². The zero-order valence-electron chi connectivity index (χ0n) is 24.6. The normalized spacial score (nSPS) is 13.7. The minimum atomic E-state index is -5.08. The van der Waals surface area contributed by atoms with E-state index in [9.17, 15) is 21.6 Å². The maximum Gasteiger partial charge on any atom is 0.490 e. The minimum Gasteiger partial charge on any atom is -0.475 e. The Hall–Kier alpha value is -4.61. The first-order valence-corrected chi connectivity index (χ1v) is 15.3. The van der Waals surface area contributed by atoms with E-state index in [4.69, 9.17) is 9.90 Å². The highest BCUT2D eigenvalue weighted by Crippen LogP contribution is 2.36. The van der Waals surface area contributed by atoms with Gasteiger partial charge in [0, 0.05) is 80.7 Å². The van der Waals surface area contributed by atoms with Gasteiger partial charge in [0.25, 0.3) is 0 Å². The molecule has 4 aromatic rings. The van der Waals surface area contributed by atoms with Gasteiger partial charge in [0.15, 0.2) is 11.6 Å². The number of hydrogen-bond acceptors (Lipinski definition) is 7. The number of benzene rings is 2. The van der Waals surface area contributed by atoms with Crippen LogP contribution in [0.3, 0.4) is 0 Å². The van der Waals surface area contributed by atoms with Crippen LogP contribution in [-0.2, 0) is 15.0 Å². The average molecular weight is 668 g/mol. The minimum absolute atomic E-state index is 0.116. The molecule has 1 fully saturated rings. The second-order valence-corrected chi connectivity index (χ2v) is 11.7. The molecule has 1 aliphatic heterocycles. The number of nitrogens with zero attached hydrogens (tertiary/aromatic N) is 5. The number of pyridine rings is 1. The predicted octanol–water partition coefficient (Wildman–Crippen LogP) is 4.53. The van der Waals surface area contributed by atoms with Gasteiger partial charge in [0.1, 0.15) is 11.4 Å². The van der Waals surface area contributed by atoms with Gasteiger partial charge in [-0.15, -0.1) is 0 Å². The molecule has 0 bridgehead atoms. The van der Waals surface area contributed by atoms with Crippen molar-refractivity contribution in [2.75, 3.05) is 49.4 Å². The van der Waals surface area contributed by atoms with E-state index in [-0.39, 0.29) is 23.5 Å². The van der Waals surface area contributed by atoms with Gasteiger partial charge in [-0.1, -0.05) is 19.1 Å². The zero-order valence-corrected chi connectivity index (χ0v) is 25.4. The van der Waals surface area contributed by atoms with E-state index in [1.807, 2.05) is 6.07 Å². The number of aromatic nitrogens is 3. The topological polar surface area (TPSA) is 133 Å². The Morgan fingerprint density at radius 1 is 1.07 bits per heavy atom. The van der Waals surface area contributed by atoms with Crippen LogP contribution in [0.5, 0.6) is 0 Å². The van der Waals surface area contributed by atoms with Crippen LogP contribution in [0, 0.1) is 11.6 Å². The maximum atomic E-state index is 15.8. The van der Waals surface area contributed by atoms with Crippen molar-refractivity contribution in [3.8, 4) is 28.1 Å². The molecule has 246 valence electrons. The summed E-state index contributed by atoms with van der Waals surface area (Å²) in [4.78, 5) is 15.0. The molecule has 46 heavy (non-hydrogen) atoms. The first-order valence-electron chi connectivity index (χ1n) is 13.8. The maximum absolute atomic E-state index is 15.8. The molecule has 1 saturated heterocycles. The number of nitrogens with one attached hydrogen (secondary N) is 2. The molecule has 2 aromatic carbocycles. The molecular weight excluding hydrogens is 637 g/mol. The van der Waals surface area contributed by atoms with Crippen molar-refractivity contribution in [1.29, 1.82) is 0 Å². The molecule has 3 N–H and O–H groups in total. The summed E-state index contributed by atoms with van der Waals surface area (Å²) < 4.78 is 92.9. The molecule has 0 saturated carbocycles. The summed E-state index contributed by atoms with van der Waals surface area (Å²) in [6, 6.07) is 12.9. The molecule has 0 aliphatic carbocycles. The lowest BCUT2D eigenvalue weighted by molar-refractivity contribution is -0.192. The molecule has 1 aliphatic rings. The van der Waals surface area contributed by atoms with Crippen molar-refractivity contribution in [2.45, 2.75) is 13.1 Å². The van der Waals surface area contributed by atoms with E-state index in [1.54, 1.807) is 49.8 Å². The first-order chi connectivity index (χ1) is 21.7. The molecular formula is C29H30F5N7O4S. The highest BCUT2D eigenvalue weighted by molar-refractivity contribution is 7.90. The molecule has 0 unspecified atom stereocenters. The van der Waals surface area contributed by atoms with Crippen LogP contribution in [0.2, 0.25) is 0 Å². The lowest BCUT2D eigenvalue weighted by Crippen LogP contribution is -2.43. The molecule has 17 heteroatoms. The summed E-state index contributed by atoms with van der Waals surface area (Å²) in [7, 11) is -2.55. The van der Waals surface area contributed by atoms with E-state index < -0.39 is 34.0 Å². The van der Waals surface area contributed by atoms with Crippen LogP contribution >= 0.6 is 0 Å². The Labute approximate surface area is 261 Å². The summed E-state index contributed by atoms with van der Waals surface area (Å²) >= 11 is 0. The van der Waals surface area contributed by atoms with Crippen molar-refractivity contribution in [3.05, 3.63) is 78.8 Å². The summed E-state index contributed by atoms with van der Waals surface area (Å²) in [6.45, 7) is 5.12. The summed E-state index contributed by atoms with van der Waals surface area (Å²) in [5.74, 6) is -3.99. The SMILES string of the molecule is CCN(C)S(=O)(=O)Nc1cccc(-c2cn(-c3ccc(N4CCNCC4)cc3F)nc2-c2ccncc2)c1F.O=C(O)C(F)(F)F. The number of carbonyl (C=O) groups is 1. The Morgan fingerprint density at radius 2 is 1.72 bits per heavy atom. The lowest BCUT2D eigenvalue weighted by Gasteiger charge is -2.29. The van der Waals surface area contributed by atoms with Crippen LogP contribution in [0.4, 0.5) is 33.3 Å². The molecule has 0 atom stereocenters. The van der Waals surface area contributed by atoms with Gasteiger partial charge < -0.3 is 15.3 Å². The van der Waals surface area contributed by atoms with Crippen molar-refractivity contribution in [3.63, 3.8) is 0 Å². The fourth-order valence-electron chi connectivity index (χ4n) is 4.42. The number of alkyl halides is 3. The van der Waals surface area contributed by atoms with Gasteiger partial charge in [0.05, 0.1) is 5.69 Å². The monoisotopic (exact) mass is 667 g/mol. The average Bonchev–Trinajstić information content (AvgIpc) is 3.47. The van der Waals surface area contributed by atoms with Crippen LogP contribution in [0.1, 0.15) is 6.92 Å². The number of hydrogen-bond donors (Lipinski definition) is 3. The summed E-state index contributed by atoms with van der Waals surface area (Å²) in [5.41, 5.74) is 2.31. The Morgan fingerprint density at radius 3 is 2.30 bits per heavy atom. The number of carboxylic acids is 1. The number of anilines is 2. The van der Waals surface area contributed by atoms with E-state index in [0.717, 1.165) is 36.2 Å². The van der Waals surface area contributed by atoms with Gasteiger partial charge in [-0.05, 0) is 36.4 Å². The molecule has 5 rings (SSSR count). The molecule has 3 heterocycles. The van der Waals surface area contributed by atoms with Crippen LogP contribution in [0.25, 0.3) is 28.1 Å². The smallest absolute Gasteiger partial charge is 0.475 e. The molecule has 2 aromatic heterocycles. The van der Waals surface area contributed by atoms with E-state index in [0.29, 0.717) is 16.8 Å². The molecule has 11 nitrogen and oxygen atoms in total. The predicted molar refractivity (Wildman–Crippen MR) is 162 cm³/mol. The summed E-state index contributed by atoms with van der Waals surface area (Å²) in [5, 5.41) is 15.0. The van der Waals surface area contributed by atoms with E-state index in [1.165, 1.54) is 29.9 Å². The van der Waals surface area contributed by atoms with Crippen molar-refractivity contribution < 1.29 is 40.3 Å². The highest BCUT2D eigenvalue weighted by Gasteiger charge is 2.38. The lowest BCUT2D eigenvalue weighted by atomic mass is 10.0. The Kier molecular flexibility index (Phi) is 10.6. The molecule has 0 radical (unpaired) electrons. The van der Waals surface area contributed by atoms with Crippen molar-refractivity contribution >= 4 is 27.6 Å². The zero-order chi connectivity index (χ0) is 33.6. The van der Waals surface area contributed by atoms with Crippen LogP contribution < -0.4 is 14.9 Å². The second kappa shape index (κ2) is 14.2. The van der Waals surface area contributed by atoms with Gasteiger partial charge >= 0.3 is 22.4 Å². The van der Waals surface area contributed by atoms with Crippen molar-refractivity contribution in [2.24, 2.45) is 0 Å². The Bertz CT molecular complexity index is 1780. The first kappa shape index (κ1) is 34.3. The largest absolute Gasteiger partial charge is 0.490 e. The Balaban J connectivity index is 0.000000617. The summed E-state index contributed by atoms with van der Waals surface area (Å²) in [6.07, 6.45) is -0.363. The fraction of sp³-hybridized carbons (Fsp3) is 0.276. The van der Waals surface area contributed by atoms with E-state index >= 15 is 8.78 Å².